The molecule has 2 rings (SSSR count). The van der Waals surface area contributed by atoms with Crippen molar-refractivity contribution in [2.24, 2.45) is 0 Å². The first-order valence-corrected chi connectivity index (χ1v) is 6.38. The summed E-state index contributed by atoms with van der Waals surface area (Å²) < 4.78 is 5.32. The Kier molecular flexibility index (Phi) is 4.02. The van der Waals surface area contributed by atoms with Gasteiger partial charge in [-0.25, -0.2) is 0 Å². The van der Waals surface area contributed by atoms with Gasteiger partial charge in [0, 0.05) is 23.9 Å². The van der Waals surface area contributed by atoms with Crippen molar-refractivity contribution < 1.29 is 9.66 Å². The lowest BCUT2D eigenvalue weighted by Crippen LogP contribution is -2.14. The minimum atomic E-state index is -0.412. The Morgan fingerprint density at radius 1 is 1.44 bits per heavy atom. The average Bonchev–Trinajstić information content (AvgIpc) is 2.82. The molecule has 0 atom stereocenters. The molecule has 1 aliphatic carbocycles. The number of rotatable bonds is 5. The third-order valence-electron chi connectivity index (χ3n) is 3.18. The molecular weight excluding hydrogens is 232 g/mol. The minimum absolute atomic E-state index is 0.0221. The number of nitrogens with zero attached hydrogens (tertiary/aromatic N) is 1. The van der Waals surface area contributed by atoms with Gasteiger partial charge in [-0.2, -0.15) is 0 Å². The highest BCUT2D eigenvalue weighted by atomic mass is 16.6. The highest BCUT2D eigenvalue weighted by molar-refractivity contribution is 5.58. The lowest BCUT2D eigenvalue weighted by molar-refractivity contribution is -0.385. The Morgan fingerprint density at radius 3 is 2.78 bits per heavy atom. The maximum Gasteiger partial charge on any atom is 0.311 e. The molecule has 5 heteroatoms. The van der Waals surface area contributed by atoms with E-state index in [2.05, 4.69) is 5.32 Å². The van der Waals surface area contributed by atoms with Crippen molar-refractivity contribution in [3.8, 4) is 5.75 Å². The summed E-state index contributed by atoms with van der Waals surface area (Å²) in [4.78, 5) is 10.4. The highest BCUT2D eigenvalue weighted by Gasteiger charge is 2.18. The SMILES string of the molecule is CCOc1cc(NC2CCCC2)ccc1[N+](=O)[O-]. The number of anilines is 1. The van der Waals surface area contributed by atoms with Crippen LogP contribution in [0.5, 0.6) is 5.75 Å². The van der Waals surface area contributed by atoms with Crippen LogP contribution >= 0.6 is 0 Å². The van der Waals surface area contributed by atoms with Gasteiger partial charge in [-0.3, -0.25) is 10.1 Å². The van der Waals surface area contributed by atoms with Gasteiger partial charge in [0.25, 0.3) is 0 Å². The van der Waals surface area contributed by atoms with Gasteiger partial charge in [0.1, 0.15) is 0 Å². The fraction of sp³-hybridized carbons (Fsp3) is 0.538. The zero-order valence-electron chi connectivity index (χ0n) is 10.5. The van der Waals surface area contributed by atoms with Gasteiger partial charge in [-0.1, -0.05) is 12.8 Å². The first kappa shape index (κ1) is 12.7. The monoisotopic (exact) mass is 250 g/mol. The fourth-order valence-electron chi connectivity index (χ4n) is 2.33. The Hall–Kier alpha value is -1.78. The second kappa shape index (κ2) is 5.71. The zero-order chi connectivity index (χ0) is 13.0. The molecule has 1 aromatic carbocycles. The Balaban J connectivity index is 2.16. The molecule has 1 aliphatic rings. The van der Waals surface area contributed by atoms with Crippen LogP contribution in [-0.4, -0.2) is 17.6 Å². The quantitative estimate of drug-likeness (QED) is 0.643. The van der Waals surface area contributed by atoms with Gasteiger partial charge >= 0.3 is 5.69 Å². The molecule has 1 fully saturated rings. The molecule has 1 N–H and O–H groups in total. The standard InChI is InChI=1S/C13H18N2O3/c1-2-18-13-9-11(7-8-12(13)15(16)17)14-10-5-3-4-6-10/h7-10,14H,2-6H2,1H3. The molecule has 0 aromatic heterocycles. The summed E-state index contributed by atoms with van der Waals surface area (Å²) in [5.41, 5.74) is 0.921. The Morgan fingerprint density at radius 2 is 2.17 bits per heavy atom. The first-order chi connectivity index (χ1) is 8.70. The molecule has 18 heavy (non-hydrogen) atoms. The number of benzene rings is 1. The molecular formula is C13H18N2O3. The predicted molar refractivity (Wildman–Crippen MR) is 70.1 cm³/mol. The van der Waals surface area contributed by atoms with Crippen molar-refractivity contribution >= 4 is 11.4 Å². The normalized spacial score (nSPS) is 15.6. The maximum absolute atomic E-state index is 10.9. The molecule has 0 saturated heterocycles. The summed E-state index contributed by atoms with van der Waals surface area (Å²) >= 11 is 0. The van der Waals surface area contributed by atoms with E-state index in [1.807, 2.05) is 6.92 Å². The van der Waals surface area contributed by atoms with Crippen LogP contribution in [-0.2, 0) is 0 Å². The average molecular weight is 250 g/mol. The summed E-state index contributed by atoms with van der Waals surface area (Å²) in [5, 5.41) is 14.3. The van der Waals surface area contributed by atoms with E-state index in [1.54, 1.807) is 12.1 Å². The van der Waals surface area contributed by atoms with Crippen LogP contribution in [0.3, 0.4) is 0 Å². The van der Waals surface area contributed by atoms with Crippen molar-refractivity contribution in [2.45, 2.75) is 38.6 Å². The molecule has 1 saturated carbocycles. The number of nitro groups is 1. The summed E-state index contributed by atoms with van der Waals surface area (Å²) in [5.74, 6) is 0.338. The van der Waals surface area contributed by atoms with E-state index < -0.39 is 4.92 Å². The van der Waals surface area contributed by atoms with Crippen LogP contribution in [0.15, 0.2) is 18.2 Å². The lowest BCUT2D eigenvalue weighted by atomic mass is 10.2. The molecule has 0 heterocycles. The number of nitro benzene ring substituents is 1. The smallest absolute Gasteiger partial charge is 0.311 e. The van der Waals surface area contributed by atoms with Gasteiger partial charge in [0.2, 0.25) is 0 Å². The molecule has 98 valence electrons. The van der Waals surface area contributed by atoms with Gasteiger partial charge in [-0.05, 0) is 25.8 Å². The van der Waals surface area contributed by atoms with Crippen molar-refractivity contribution in [3.63, 3.8) is 0 Å². The van der Waals surface area contributed by atoms with Crippen LogP contribution in [0.4, 0.5) is 11.4 Å². The van der Waals surface area contributed by atoms with Gasteiger partial charge in [0.15, 0.2) is 5.75 Å². The van der Waals surface area contributed by atoms with Crippen LogP contribution < -0.4 is 10.1 Å². The molecule has 0 aliphatic heterocycles. The lowest BCUT2D eigenvalue weighted by Gasteiger charge is -2.14. The van der Waals surface area contributed by atoms with Crippen molar-refractivity contribution in [3.05, 3.63) is 28.3 Å². The molecule has 0 amide bonds. The summed E-state index contributed by atoms with van der Waals surface area (Å²) in [6.45, 7) is 2.24. The predicted octanol–water partition coefficient (Wildman–Crippen LogP) is 3.35. The molecule has 0 spiro atoms. The molecule has 0 unspecified atom stereocenters. The van der Waals surface area contributed by atoms with Gasteiger partial charge < -0.3 is 10.1 Å². The first-order valence-electron chi connectivity index (χ1n) is 6.38. The van der Waals surface area contributed by atoms with Crippen LogP contribution in [0.1, 0.15) is 32.6 Å². The van der Waals surface area contributed by atoms with Crippen molar-refractivity contribution in [2.75, 3.05) is 11.9 Å². The Labute approximate surface area is 106 Å². The number of hydrogen-bond acceptors (Lipinski definition) is 4. The topological polar surface area (TPSA) is 64.4 Å². The molecule has 1 aromatic rings. The fourth-order valence-corrected chi connectivity index (χ4v) is 2.33. The van der Waals surface area contributed by atoms with E-state index in [-0.39, 0.29) is 5.69 Å². The summed E-state index contributed by atoms with van der Waals surface area (Å²) in [6, 6.07) is 5.46. The van der Waals surface area contributed by atoms with E-state index in [9.17, 15) is 10.1 Å². The third kappa shape index (κ3) is 2.91. The van der Waals surface area contributed by atoms with Crippen molar-refractivity contribution in [1.29, 1.82) is 0 Å². The third-order valence-corrected chi connectivity index (χ3v) is 3.18. The van der Waals surface area contributed by atoms with Crippen LogP contribution in [0.2, 0.25) is 0 Å². The van der Waals surface area contributed by atoms with E-state index in [0.717, 1.165) is 5.69 Å². The number of nitrogens with one attached hydrogen (secondary N) is 1. The second-order valence-corrected chi connectivity index (χ2v) is 4.50. The molecule has 0 radical (unpaired) electrons. The van der Waals surface area contributed by atoms with Crippen molar-refractivity contribution in [1.82, 2.24) is 0 Å². The zero-order valence-corrected chi connectivity index (χ0v) is 10.5. The maximum atomic E-state index is 10.9. The largest absolute Gasteiger partial charge is 0.487 e. The Bertz CT molecular complexity index is 428. The van der Waals surface area contributed by atoms with E-state index in [4.69, 9.17) is 4.74 Å². The van der Waals surface area contributed by atoms with E-state index in [1.165, 1.54) is 31.7 Å². The summed E-state index contributed by atoms with van der Waals surface area (Å²) in [6.07, 6.45) is 4.84. The highest BCUT2D eigenvalue weighted by Crippen LogP contribution is 2.31. The minimum Gasteiger partial charge on any atom is -0.487 e. The molecule has 5 nitrogen and oxygen atoms in total. The van der Waals surface area contributed by atoms with E-state index >= 15 is 0 Å². The number of hydrogen-bond donors (Lipinski definition) is 1. The van der Waals surface area contributed by atoms with Crippen LogP contribution in [0.25, 0.3) is 0 Å². The second-order valence-electron chi connectivity index (χ2n) is 4.50. The van der Waals surface area contributed by atoms with E-state index in [0.29, 0.717) is 18.4 Å². The van der Waals surface area contributed by atoms with Crippen LogP contribution in [0, 0.1) is 10.1 Å². The van der Waals surface area contributed by atoms with Gasteiger partial charge in [-0.15, -0.1) is 0 Å². The van der Waals surface area contributed by atoms with Gasteiger partial charge in [0.05, 0.1) is 11.5 Å². The number of ether oxygens (including phenoxy) is 1. The molecule has 0 bridgehead atoms. The summed E-state index contributed by atoms with van der Waals surface area (Å²) in [7, 11) is 0.